The average molecular weight is 372 g/mol. The third-order valence-corrected chi connectivity index (χ3v) is 5.48. The van der Waals surface area contributed by atoms with Gasteiger partial charge in [0, 0.05) is 6.54 Å². The van der Waals surface area contributed by atoms with Crippen LogP contribution in [0.2, 0.25) is 0 Å². The summed E-state index contributed by atoms with van der Waals surface area (Å²) in [5, 5.41) is 8.68. The van der Waals surface area contributed by atoms with Gasteiger partial charge in [0.2, 0.25) is 17.7 Å². The summed E-state index contributed by atoms with van der Waals surface area (Å²) < 4.78 is 0. The third kappa shape index (κ3) is 4.47. The molecule has 0 spiro atoms. The van der Waals surface area contributed by atoms with E-state index in [4.69, 9.17) is 0 Å². The Morgan fingerprint density at radius 3 is 2.74 bits per heavy atom. The van der Waals surface area contributed by atoms with Gasteiger partial charge in [-0.2, -0.15) is 0 Å². The minimum atomic E-state index is -0.545. The summed E-state index contributed by atoms with van der Waals surface area (Å²) >= 11 is 0. The van der Waals surface area contributed by atoms with Crippen molar-refractivity contribution in [2.45, 2.75) is 50.7 Å². The molecule has 0 aromatic heterocycles. The number of aryl methyl sites for hydroxylation is 1. The first-order chi connectivity index (χ1) is 13.0. The molecule has 3 N–H and O–H groups in total. The number of benzene rings is 1. The molecule has 1 heterocycles. The molecular formula is C20H28N4O3. The van der Waals surface area contributed by atoms with E-state index < -0.39 is 6.04 Å². The lowest BCUT2D eigenvalue weighted by Crippen LogP contribution is -2.49. The summed E-state index contributed by atoms with van der Waals surface area (Å²) in [6.07, 6.45) is 3.53. The Hall–Kier alpha value is -2.41. The van der Waals surface area contributed by atoms with Crippen LogP contribution in [0.25, 0.3) is 0 Å². The van der Waals surface area contributed by atoms with Crippen LogP contribution in [-0.2, 0) is 20.8 Å². The third-order valence-electron chi connectivity index (χ3n) is 5.48. The number of nitrogens with one attached hydrogen (secondary N) is 3. The van der Waals surface area contributed by atoms with Crippen molar-refractivity contribution in [2.75, 3.05) is 20.1 Å². The van der Waals surface area contributed by atoms with Gasteiger partial charge < -0.3 is 20.9 Å². The Morgan fingerprint density at radius 1 is 1.19 bits per heavy atom. The first-order valence-electron chi connectivity index (χ1n) is 9.63. The molecule has 3 unspecified atom stereocenters. The fourth-order valence-electron chi connectivity index (χ4n) is 3.77. The van der Waals surface area contributed by atoms with E-state index in [1.807, 2.05) is 12.1 Å². The smallest absolute Gasteiger partial charge is 0.245 e. The molecule has 1 aliphatic carbocycles. The lowest BCUT2D eigenvalue weighted by Gasteiger charge is -2.27. The molecule has 7 nitrogen and oxygen atoms in total. The summed E-state index contributed by atoms with van der Waals surface area (Å²) in [5.41, 5.74) is 2.46. The summed E-state index contributed by atoms with van der Waals surface area (Å²) in [5.74, 6) is -0.549. The first-order valence-corrected chi connectivity index (χ1v) is 9.63. The standard InChI is InChI=1S/C20H28N4O3/c1-13(21-2)19(26)23-17-10-11-24(20(17)27)12-18(25)22-16-9-5-7-14-6-3-4-8-15(14)16/h3-4,6,8,13,16-17,21H,5,7,9-12H2,1-2H3,(H,22,25)(H,23,26). The van der Waals surface area contributed by atoms with Crippen LogP contribution < -0.4 is 16.0 Å². The van der Waals surface area contributed by atoms with Crippen LogP contribution in [0.3, 0.4) is 0 Å². The number of hydrogen-bond acceptors (Lipinski definition) is 4. The molecule has 0 bridgehead atoms. The minimum Gasteiger partial charge on any atom is -0.348 e. The zero-order valence-corrected chi connectivity index (χ0v) is 16.0. The molecule has 1 aromatic carbocycles. The molecule has 7 heteroatoms. The Kier molecular flexibility index (Phi) is 6.11. The zero-order valence-electron chi connectivity index (χ0n) is 16.0. The van der Waals surface area contributed by atoms with Crippen LogP contribution in [0.1, 0.15) is 43.4 Å². The SMILES string of the molecule is CNC(C)C(=O)NC1CCN(CC(=O)NC2CCCc3ccccc32)C1=O. The molecular weight excluding hydrogens is 344 g/mol. The number of fused-ring (bicyclic) bond motifs is 1. The van der Waals surface area contributed by atoms with Crippen molar-refractivity contribution >= 4 is 17.7 Å². The molecule has 1 fully saturated rings. The average Bonchev–Trinajstić information content (AvgIpc) is 3.01. The van der Waals surface area contributed by atoms with E-state index in [-0.39, 0.29) is 36.3 Å². The molecule has 3 rings (SSSR count). The highest BCUT2D eigenvalue weighted by molar-refractivity contribution is 5.93. The Balaban J connectivity index is 1.53. The molecule has 2 aliphatic rings. The molecule has 3 amide bonds. The highest BCUT2D eigenvalue weighted by Gasteiger charge is 2.34. The summed E-state index contributed by atoms with van der Waals surface area (Å²) in [4.78, 5) is 38.5. The van der Waals surface area contributed by atoms with Gasteiger partial charge >= 0.3 is 0 Å². The van der Waals surface area contributed by atoms with Crippen LogP contribution in [0, 0.1) is 0 Å². The number of likely N-dealkylation sites (tertiary alicyclic amines) is 1. The van der Waals surface area contributed by atoms with E-state index in [0.717, 1.165) is 19.3 Å². The molecule has 1 aliphatic heterocycles. The maximum Gasteiger partial charge on any atom is 0.245 e. The van der Waals surface area contributed by atoms with E-state index in [0.29, 0.717) is 13.0 Å². The van der Waals surface area contributed by atoms with Crippen LogP contribution in [0.4, 0.5) is 0 Å². The number of carbonyl (C=O) groups is 3. The highest BCUT2D eigenvalue weighted by Crippen LogP contribution is 2.29. The maximum absolute atomic E-state index is 12.5. The number of rotatable bonds is 6. The van der Waals surface area contributed by atoms with Crippen LogP contribution >= 0.6 is 0 Å². The molecule has 27 heavy (non-hydrogen) atoms. The van der Waals surface area contributed by atoms with Crippen molar-refractivity contribution in [1.29, 1.82) is 0 Å². The summed E-state index contributed by atoms with van der Waals surface area (Å²) in [6.45, 7) is 2.25. The number of hydrogen-bond donors (Lipinski definition) is 3. The van der Waals surface area contributed by atoms with Crippen molar-refractivity contribution in [3.63, 3.8) is 0 Å². The quantitative estimate of drug-likeness (QED) is 0.678. The largest absolute Gasteiger partial charge is 0.348 e. The van der Waals surface area contributed by atoms with Gasteiger partial charge in [-0.3, -0.25) is 14.4 Å². The van der Waals surface area contributed by atoms with Crippen molar-refractivity contribution in [2.24, 2.45) is 0 Å². The number of likely N-dealkylation sites (N-methyl/N-ethyl adjacent to an activating group) is 1. The predicted molar refractivity (Wildman–Crippen MR) is 102 cm³/mol. The normalized spacial score (nSPS) is 22.9. The second-order valence-electron chi connectivity index (χ2n) is 7.33. The summed E-state index contributed by atoms with van der Waals surface area (Å²) in [7, 11) is 1.70. The van der Waals surface area contributed by atoms with Crippen LogP contribution in [0.15, 0.2) is 24.3 Å². The van der Waals surface area contributed by atoms with Gasteiger partial charge in [0.15, 0.2) is 0 Å². The van der Waals surface area contributed by atoms with Crippen molar-refractivity contribution in [3.8, 4) is 0 Å². The van der Waals surface area contributed by atoms with Gasteiger partial charge in [-0.1, -0.05) is 24.3 Å². The van der Waals surface area contributed by atoms with Crippen molar-refractivity contribution in [1.82, 2.24) is 20.9 Å². The Bertz CT molecular complexity index is 721. The lowest BCUT2D eigenvalue weighted by molar-refractivity contribution is -0.136. The van der Waals surface area contributed by atoms with E-state index in [2.05, 4.69) is 28.1 Å². The molecule has 0 radical (unpaired) electrons. The molecule has 1 saturated heterocycles. The topological polar surface area (TPSA) is 90.5 Å². The number of nitrogens with zero attached hydrogens (tertiary/aromatic N) is 1. The van der Waals surface area contributed by atoms with Crippen molar-refractivity contribution in [3.05, 3.63) is 35.4 Å². The number of amides is 3. The van der Waals surface area contributed by atoms with E-state index in [1.54, 1.807) is 14.0 Å². The van der Waals surface area contributed by atoms with Gasteiger partial charge in [0.1, 0.15) is 6.04 Å². The molecule has 3 atom stereocenters. The first kappa shape index (κ1) is 19.4. The second-order valence-corrected chi connectivity index (χ2v) is 7.33. The van der Waals surface area contributed by atoms with Gasteiger partial charge in [-0.05, 0) is 50.8 Å². The van der Waals surface area contributed by atoms with Gasteiger partial charge in [0.25, 0.3) is 0 Å². The van der Waals surface area contributed by atoms with E-state index in [1.165, 1.54) is 16.0 Å². The Labute approximate surface area is 159 Å². The van der Waals surface area contributed by atoms with E-state index in [9.17, 15) is 14.4 Å². The molecule has 146 valence electrons. The highest BCUT2D eigenvalue weighted by atomic mass is 16.2. The maximum atomic E-state index is 12.5. The van der Waals surface area contributed by atoms with E-state index >= 15 is 0 Å². The Morgan fingerprint density at radius 2 is 1.96 bits per heavy atom. The fourth-order valence-corrected chi connectivity index (χ4v) is 3.77. The van der Waals surface area contributed by atoms with Crippen molar-refractivity contribution < 1.29 is 14.4 Å². The predicted octanol–water partition coefficient (Wildman–Crippen LogP) is 0.505. The molecule has 1 aromatic rings. The number of carbonyl (C=O) groups excluding carboxylic acids is 3. The van der Waals surface area contributed by atoms with Crippen LogP contribution in [-0.4, -0.2) is 54.8 Å². The fraction of sp³-hybridized carbons (Fsp3) is 0.550. The van der Waals surface area contributed by atoms with Crippen LogP contribution in [0.5, 0.6) is 0 Å². The van der Waals surface area contributed by atoms with Gasteiger partial charge in [-0.15, -0.1) is 0 Å². The lowest BCUT2D eigenvalue weighted by atomic mass is 9.88. The van der Waals surface area contributed by atoms with Gasteiger partial charge in [0.05, 0.1) is 18.6 Å². The minimum absolute atomic E-state index is 0.00660. The zero-order chi connectivity index (χ0) is 19.4. The monoisotopic (exact) mass is 372 g/mol. The summed E-state index contributed by atoms with van der Waals surface area (Å²) in [6, 6.07) is 7.29. The van der Waals surface area contributed by atoms with Gasteiger partial charge in [-0.25, -0.2) is 0 Å². The molecule has 0 saturated carbocycles. The second kappa shape index (κ2) is 8.52.